The van der Waals surface area contributed by atoms with E-state index in [0.29, 0.717) is 12.5 Å². The highest BCUT2D eigenvalue weighted by Crippen LogP contribution is 2.42. The van der Waals surface area contributed by atoms with Crippen LogP contribution < -0.4 is 0 Å². The van der Waals surface area contributed by atoms with Crippen LogP contribution in [0.15, 0.2) is 0 Å². The molecule has 1 heterocycles. The predicted molar refractivity (Wildman–Crippen MR) is 107 cm³/mol. The number of ether oxygens (including phenoxy) is 2. The Morgan fingerprint density at radius 2 is 1.52 bits per heavy atom. The highest BCUT2D eigenvalue weighted by molar-refractivity contribution is 4.83. The maximum atomic E-state index is 9.81. The van der Waals surface area contributed by atoms with Crippen molar-refractivity contribution in [3.8, 4) is 0 Å². The third-order valence-electron chi connectivity index (χ3n) is 7.47. The lowest BCUT2D eigenvalue weighted by molar-refractivity contribution is -0.249. The molecule has 0 amide bonds. The minimum absolute atomic E-state index is 0.130. The summed E-state index contributed by atoms with van der Waals surface area (Å²) in [5.74, 6) is 2.86. The molecule has 4 nitrogen and oxygen atoms in total. The van der Waals surface area contributed by atoms with Crippen LogP contribution in [-0.4, -0.2) is 41.4 Å². The van der Waals surface area contributed by atoms with Gasteiger partial charge in [0.2, 0.25) is 0 Å². The Morgan fingerprint density at radius 1 is 0.852 bits per heavy atom. The minimum atomic E-state index is -0.553. The standard InChI is InChI=1S/C23H42O4/c1-2-3-4-5-17-6-8-18(9-7-17)19-10-12-20(13-11-19)26-23-15-14-21(25)22(16-24)27-23/h17-25H,2-16H2,1H3. The second-order valence-corrected chi connectivity index (χ2v) is 9.38. The quantitative estimate of drug-likeness (QED) is 0.592. The molecule has 0 bridgehead atoms. The second kappa shape index (κ2) is 11.1. The van der Waals surface area contributed by atoms with Gasteiger partial charge in [-0.05, 0) is 62.7 Å². The molecule has 3 fully saturated rings. The first-order valence-electron chi connectivity index (χ1n) is 11.8. The Bertz CT molecular complexity index is 399. The van der Waals surface area contributed by atoms with Crippen LogP contribution in [0, 0.1) is 17.8 Å². The van der Waals surface area contributed by atoms with Crippen molar-refractivity contribution in [1.82, 2.24) is 0 Å². The molecule has 1 aliphatic heterocycles. The third-order valence-corrected chi connectivity index (χ3v) is 7.47. The second-order valence-electron chi connectivity index (χ2n) is 9.38. The summed E-state index contributed by atoms with van der Waals surface area (Å²) >= 11 is 0. The van der Waals surface area contributed by atoms with E-state index in [0.717, 1.165) is 37.0 Å². The van der Waals surface area contributed by atoms with Crippen molar-refractivity contribution in [1.29, 1.82) is 0 Å². The van der Waals surface area contributed by atoms with Gasteiger partial charge in [0, 0.05) is 6.42 Å². The normalized spacial score (nSPS) is 40.8. The average molecular weight is 383 g/mol. The van der Waals surface area contributed by atoms with Crippen molar-refractivity contribution in [3.63, 3.8) is 0 Å². The summed E-state index contributed by atoms with van der Waals surface area (Å²) in [6.07, 6.45) is 16.8. The topological polar surface area (TPSA) is 58.9 Å². The Labute approximate surface area is 166 Å². The van der Waals surface area contributed by atoms with Crippen LogP contribution in [0.3, 0.4) is 0 Å². The maximum Gasteiger partial charge on any atom is 0.158 e. The Balaban J connectivity index is 1.32. The number of rotatable bonds is 8. The summed E-state index contributed by atoms with van der Waals surface area (Å²) in [6.45, 7) is 2.17. The highest BCUT2D eigenvalue weighted by atomic mass is 16.7. The zero-order valence-electron chi connectivity index (χ0n) is 17.4. The van der Waals surface area contributed by atoms with Crippen LogP contribution in [0.4, 0.5) is 0 Å². The summed E-state index contributed by atoms with van der Waals surface area (Å²) in [4.78, 5) is 0. The summed E-state index contributed by atoms with van der Waals surface area (Å²) < 4.78 is 11.9. The molecular formula is C23H42O4. The molecule has 27 heavy (non-hydrogen) atoms. The first kappa shape index (κ1) is 21.5. The lowest BCUT2D eigenvalue weighted by atomic mass is 9.70. The molecule has 0 aromatic heterocycles. The molecule has 0 aromatic rings. The van der Waals surface area contributed by atoms with E-state index in [9.17, 15) is 10.2 Å². The van der Waals surface area contributed by atoms with E-state index < -0.39 is 12.2 Å². The molecule has 2 N–H and O–H groups in total. The molecule has 4 heteroatoms. The van der Waals surface area contributed by atoms with E-state index >= 15 is 0 Å². The molecule has 2 aliphatic carbocycles. The Morgan fingerprint density at radius 3 is 2.15 bits per heavy atom. The van der Waals surface area contributed by atoms with Crippen LogP contribution in [0.2, 0.25) is 0 Å². The number of aliphatic hydroxyl groups excluding tert-OH is 2. The van der Waals surface area contributed by atoms with E-state index in [2.05, 4.69) is 6.92 Å². The molecule has 3 unspecified atom stereocenters. The SMILES string of the molecule is CCCCCC1CCC(C2CCC(OC3CCC(O)C(CO)O3)CC2)CC1. The van der Waals surface area contributed by atoms with Crippen molar-refractivity contribution in [3.05, 3.63) is 0 Å². The summed E-state index contributed by atoms with van der Waals surface area (Å²) in [6, 6.07) is 0. The monoisotopic (exact) mass is 382 g/mol. The largest absolute Gasteiger partial charge is 0.394 e. The molecule has 2 saturated carbocycles. The minimum Gasteiger partial charge on any atom is -0.394 e. The molecule has 0 radical (unpaired) electrons. The smallest absolute Gasteiger partial charge is 0.158 e. The van der Waals surface area contributed by atoms with Gasteiger partial charge in [0.25, 0.3) is 0 Å². The van der Waals surface area contributed by atoms with E-state index in [1.165, 1.54) is 64.2 Å². The van der Waals surface area contributed by atoms with Crippen molar-refractivity contribution in [2.24, 2.45) is 17.8 Å². The van der Waals surface area contributed by atoms with Crippen molar-refractivity contribution in [2.75, 3.05) is 6.61 Å². The number of hydrogen-bond acceptors (Lipinski definition) is 4. The first-order valence-corrected chi connectivity index (χ1v) is 11.8. The fourth-order valence-corrected chi connectivity index (χ4v) is 5.65. The summed E-state index contributed by atoms with van der Waals surface area (Å²) in [5, 5.41) is 19.1. The lowest BCUT2D eigenvalue weighted by Crippen LogP contribution is -2.43. The zero-order valence-corrected chi connectivity index (χ0v) is 17.4. The summed E-state index contributed by atoms with van der Waals surface area (Å²) in [5.41, 5.74) is 0. The van der Waals surface area contributed by atoms with Gasteiger partial charge in [0.1, 0.15) is 6.10 Å². The van der Waals surface area contributed by atoms with Crippen LogP contribution >= 0.6 is 0 Å². The first-order chi connectivity index (χ1) is 13.2. The third kappa shape index (κ3) is 6.42. The molecule has 1 saturated heterocycles. The molecule has 0 aromatic carbocycles. The molecule has 3 atom stereocenters. The molecule has 0 spiro atoms. The van der Waals surface area contributed by atoms with E-state index in [1.54, 1.807) is 0 Å². The van der Waals surface area contributed by atoms with Crippen LogP contribution in [0.1, 0.15) is 96.8 Å². The Hall–Kier alpha value is -0.160. The fourth-order valence-electron chi connectivity index (χ4n) is 5.65. The number of unbranched alkanes of at least 4 members (excludes halogenated alkanes) is 2. The highest BCUT2D eigenvalue weighted by Gasteiger charge is 2.34. The van der Waals surface area contributed by atoms with Gasteiger partial charge in [-0.2, -0.15) is 0 Å². The molecule has 3 rings (SSSR count). The van der Waals surface area contributed by atoms with Gasteiger partial charge >= 0.3 is 0 Å². The van der Waals surface area contributed by atoms with Crippen molar-refractivity contribution in [2.45, 2.75) is 121 Å². The van der Waals surface area contributed by atoms with Gasteiger partial charge < -0.3 is 19.7 Å². The lowest BCUT2D eigenvalue weighted by Gasteiger charge is -2.40. The van der Waals surface area contributed by atoms with Crippen LogP contribution in [-0.2, 0) is 9.47 Å². The van der Waals surface area contributed by atoms with Gasteiger partial charge in [-0.15, -0.1) is 0 Å². The van der Waals surface area contributed by atoms with Gasteiger partial charge in [-0.1, -0.05) is 45.4 Å². The van der Waals surface area contributed by atoms with Gasteiger partial charge in [0.15, 0.2) is 6.29 Å². The Kier molecular flexibility index (Phi) is 8.89. The molecule has 3 aliphatic rings. The average Bonchev–Trinajstić information content (AvgIpc) is 2.71. The van der Waals surface area contributed by atoms with Gasteiger partial charge in [-0.3, -0.25) is 0 Å². The number of aliphatic hydroxyl groups is 2. The van der Waals surface area contributed by atoms with Crippen LogP contribution in [0.25, 0.3) is 0 Å². The maximum absolute atomic E-state index is 9.81. The zero-order chi connectivity index (χ0) is 19.1. The predicted octanol–water partition coefficient (Wildman–Crippen LogP) is 4.81. The fraction of sp³-hybridized carbons (Fsp3) is 1.00. The molecule has 158 valence electrons. The van der Waals surface area contributed by atoms with Crippen molar-refractivity contribution >= 4 is 0 Å². The number of hydrogen-bond donors (Lipinski definition) is 2. The molecular weight excluding hydrogens is 340 g/mol. The summed E-state index contributed by atoms with van der Waals surface area (Å²) in [7, 11) is 0. The van der Waals surface area contributed by atoms with E-state index in [-0.39, 0.29) is 12.9 Å². The van der Waals surface area contributed by atoms with E-state index in [1.807, 2.05) is 0 Å². The van der Waals surface area contributed by atoms with Gasteiger partial charge in [-0.25, -0.2) is 0 Å². The van der Waals surface area contributed by atoms with E-state index in [4.69, 9.17) is 9.47 Å². The van der Waals surface area contributed by atoms with Crippen molar-refractivity contribution < 1.29 is 19.7 Å². The van der Waals surface area contributed by atoms with Crippen LogP contribution in [0.5, 0.6) is 0 Å². The van der Waals surface area contributed by atoms with Gasteiger partial charge in [0.05, 0.1) is 18.8 Å².